The Morgan fingerprint density at radius 2 is 2.15 bits per heavy atom. The van der Waals surface area contributed by atoms with E-state index in [1.54, 1.807) is 6.26 Å². The minimum Gasteiger partial charge on any atom is -0.462 e. The van der Waals surface area contributed by atoms with Gasteiger partial charge in [-0.05, 0) is 30.5 Å². The summed E-state index contributed by atoms with van der Waals surface area (Å²) in [4.78, 5) is 11.3. The van der Waals surface area contributed by atoms with E-state index >= 15 is 0 Å². The Hall–Kier alpha value is -1.77. The number of ether oxygens (including phenoxy) is 2. The molecule has 1 heterocycles. The fourth-order valence-corrected chi connectivity index (χ4v) is 3.63. The first-order valence-corrected chi connectivity index (χ1v) is 6.97. The highest BCUT2D eigenvalue weighted by Gasteiger charge is 2.59. The third-order valence-corrected chi connectivity index (χ3v) is 4.84. The minimum absolute atomic E-state index is 0.136. The molecule has 0 aromatic heterocycles. The Bertz CT molecular complexity index is 600. The van der Waals surface area contributed by atoms with Crippen LogP contribution in [0.2, 0.25) is 0 Å². The third-order valence-electron chi connectivity index (χ3n) is 4.84. The van der Waals surface area contributed by atoms with Crippen molar-refractivity contribution in [3.05, 3.63) is 47.2 Å². The lowest BCUT2D eigenvalue weighted by molar-refractivity contribution is -0.184. The molecule has 3 nitrogen and oxygen atoms in total. The first-order valence-electron chi connectivity index (χ1n) is 6.97. The molecule has 0 amide bonds. The van der Waals surface area contributed by atoms with Gasteiger partial charge in [-0.1, -0.05) is 37.6 Å². The fourth-order valence-electron chi connectivity index (χ4n) is 3.63. The molecule has 106 valence electrons. The standard InChI is InChI=1S/C17H20O3/c1-11-5-6-14-13(9-11)10-17(16(14,3)4)7-8-19-15(17)20-12(2)18/h5-9,15H,10H2,1-4H3/t15-,17-/m0/s1. The van der Waals surface area contributed by atoms with Crippen LogP contribution in [0.1, 0.15) is 37.5 Å². The summed E-state index contributed by atoms with van der Waals surface area (Å²) in [6, 6.07) is 6.55. The molecule has 0 unspecified atom stereocenters. The van der Waals surface area contributed by atoms with Gasteiger partial charge >= 0.3 is 5.97 Å². The molecule has 2 atom stereocenters. The zero-order chi connectivity index (χ0) is 14.5. The first kappa shape index (κ1) is 13.2. The van der Waals surface area contributed by atoms with Crippen LogP contribution in [-0.4, -0.2) is 12.3 Å². The van der Waals surface area contributed by atoms with Crippen molar-refractivity contribution >= 4 is 5.97 Å². The van der Waals surface area contributed by atoms with E-state index in [4.69, 9.17) is 9.47 Å². The third kappa shape index (κ3) is 1.62. The molecule has 0 fully saturated rings. The number of esters is 1. The summed E-state index contributed by atoms with van der Waals surface area (Å²) in [7, 11) is 0. The van der Waals surface area contributed by atoms with Gasteiger partial charge in [0.1, 0.15) is 0 Å². The summed E-state index contributed by atoms with van der Waals surface area (Å²) in [6.07, 6.45) is 4.04. The summed E-state index contributed by atoms with van der Waals surface area (Å²) in [5.74, 6) is -0.305. The van der Waals surface area contributed by atoms with Crippen molar-refractivity contribution in [2.75, 3.05) is 0 Å². The molecule has 0 bridgehead atoms. The summed E-state index contributed by atoms with van der Waals surface area (Å²) in [5.41, 5.74) is 3.44. The molecule has 3 heteroatoms. The van der Waals surface area contributed by atoms with Crippen LogP contribution in [0.5, 0.6) is 0 Å². The lowest BCUT2D eigenvalue weighted by Crippen LogP contribution is -2.46. The van der Waals surface area contributed by atoms with Gasteiger partial charge in [0, 0.05) is 12.3 Å². The SMILES string of the molecule is CC(=O)O[C@@H]1OC=C[C@]12Cc1cc(C)ccc1C2(C)C. The number of aryl methyl sites for hydroxylation is 1. The predicted molar refractivity (Wildman–Crippen MR) is 76.1 cm³/mol. The van der Waals surface area contributed by atoms with Gasteiger partial charge in [0.2, 0.25) is 0 Å². The monoisotopic (exact) mass is 272 g/mol. The highest BCUT2D eigenvalue weighted by molar-refractivity contribution is 5.66. The van der Waals surface area contributed by atoms with Crippen molar-refractivity contribution in [3.63, 3.8) is 0 Å². The molecule has 0 radical (unpaired) electrons. The van der Waals surface area contributed by atoms with Crippen molar-refractivity contribution in [2.45, 2.75) is 45.8 Å². The van der Waals surface area contributed by atoms with Crippen LogP contribution < -0.4 is 0 Å². The van der Waals surface area contributed by atoms with E-state index in [0.717, 1.165) is 6.42 Å². The van der Waals surface area contributed by atoms with Crippen molar-refractivity contribution in [2.24, 2.45) is 5.41 Å². The summed E-state index contributed by atoms with van der Waals surface area (Å²) >= 11 is 0. The van der Waals surface area contributed by atoms with Gasteiger partial charge in [-0.3, -0.25) is 4.79 Å². The molecule has 1 aliphatic carbocycles. The molecule has 1 aromatic carbocycles. The molecular weight excluding hydrogens is 252 g/mol. The second kappa shape index (κ2) is 4.11. The van der Waals surface area contributed by atoms with E-state index < -0.39 is 6.29 Å². The molecule has 1 aliphatic heterocycles. The highest BCUT2D eigenvalue weighted by Crippen LogP contribution is 2.57. The van der Waals surface area contributed by atoms with Crippen molar-refractivity contribution < 1.29 is 14.3 Å². The molecule has 0 N–H and O–H groups in total. The second-order valence-electron chi connectivity index (χ2n) is 6.38. The van der Waals surface area contributed by atoms with Gasteiger partial charge in [0.05, 0.1) is 11.7 Å². The van der Waals surface area contributed by atoms with E-state index in [9.17, 15) is 4.79 Å². The van der Waals surface area contributed by atoms with Gasteiger partial charge in [0.25, 0.3) is 6.29 Å². The Labute approximate surface area is 119 Å². The lowest BCUT2D eigenvalue weighted by atomic mass is 9.66. The number of rotatable bonds is 1. The topological polar surface area (TPSA) is 35.5 Å². The number of benzene rings is 1. The van der Waals surface area contributed by atoms with E-state index in [0.29, 0.717) is 0 Å². The first-order chi connectivity index (χ1) is 9.37. The van der Waals surface area contributed by atoms with Crippen LogP contribution in [0, 0.1) is 12.3 Å². The van der Waals surface area contributed by atoms with E-state index in [-0.39, 0.29) is 16.8 Å². The smallest absolute Gasteiger partial charge is 0.305 e. The zero-order valence-corrected chi connectivity index (χ0v) is 12.4. The van der Waals surface area contributed by atoms with Crippen molar-refractivity contribution in [1.29, 1.82) is 0 Å². The minimum atomic E-state index is -0.539. The largest absolute Gasteiger partial charge is 0.462 e. The van der Waals surface area contributed by atoms with Gasteiger partial charge < -0.3 is 9.47 Å². The van der Waals surface area contributed by atoms with E-state index in [2.05, 4.69) is 45.0 Å². The molecular formula is C17H20O3. The van der Waals surface area contributed by atoms with Gasteiger partial charge in [-0.2, -0.15) is 0 Å². The molecule has 1 spiro atoms. The number of hydrogen-bond donors (Lipinski definition) is 0. The number of fused-ring (bicyclic) bond motifs is 1. The van der Waals surface area contributed by atoms with E-state index in [1.165, 1.54) is 23.6 Å². The second-order valence-corrected chi connectivity index (χ2v) is 6.38. The highest BCUT2D eigenvalue weighted by atomic mass is 16.7. The normalized spacial score (nSPS) is 29.3. The average Bonchev–Trinajstić information content (AvgIpc) is 2.81. The zero-order valence-electron chi connectivity index (χ0n) is 12.4. The Kier molecular flexibility index (Phi) is 2.72. The van der Waals surface area contributed by atoms with Crippen LogP contribution in [0.4, 0.5) is 0 Å². The number of hydrogen-bond acceptors (Lipinski definition) is 3. The van der Waals surface area contributed by atoms with Crippen LogP contribution in [0.25, 0.3) is 0 Å². The molecule has 1 aromatic rings. The molecule has 0 saturated heterocycles. The Morgan fingerprint density at radius 1 is 1.40 bits per heavy atom. The van der Waals surface area contributed by atoms with Crippen LogP contribution in [0.15, 0.2) is 30.5 Å². The molecule has 20 heavy (non-hydrogen) atoms. The summed E-state index contributed by atoms with van der Waals surface area (Å²) in [5, 5.41) is 0. The number of carbonyl (C=O) groups excluding carboxylic acids is 1. The summed E-state index contributed by atoms with van der Waals surface area (Å²) in [6.45, 7) is 7.92. The van der Waals surface area contributed by atoms with E-state index in [1.807, 2.05) is 0 Å². The molecule has 3 rings (SSSR count). The maximum Gasteiger partial charge on any atom is 0.305 e. The van der Waals surface area contributed by atoms with Crippen molar-refractivity contribution in [1.82, 2.24) is 0 Å². The van der Waals surface area contributed by atoms with Crippen LogP contribution in [-0.2, 0) is 26.1 Å². The van der Waals surface area contributed by atoms with Gasteiger partial charge in [-0.25, -0.2) is 0 Å². The maximum atomic E-state index is 11.3. The average molecular weight is 272 g/mol. The quantitative estimate of drug-likeness (QED) is 0.736. The van der Waals surface area contributed by atoms with Gasteiger partial charge in [-0.15, -0.1) is 0 Å². The lowest BCUT2D eigenvalue weighted by Gasteiger charge is -2.40. The Balaban J connectivity index is 2.08. The summed E-state index contributed by atoms with van der Waals surface area (Å²) < 4.78 is 11.0. The number of carbonyl (C=O) groups is 1. The fraction of sp³-hybridized carbons (Fsp3) is 0.471. The van der Waals surface area contributed by atoms with Gasteiger partial charge in [0.15, 0.2) is 0 Å². The molecule has 0 saturated carbocycles. The Morgan fingerprint density at radius 3 is 2.85 bits per heavy atom. The molecule has 2 aliphatic rings. The maximum absolute atomic E-state index is 11.3. The van der Waals surface area contributed by atoms with Crippen LogP contribution in [0.3, 0.4) is 0 Å². The van der Waals surface area contributed by atoms with Crippen molar-refractivity contribution in [3.8, 4) is 0 Å². The van der Waals surface area contributed by atoms with Crippen LogP contribution >= 0.6 is 0 Å². The predicted octanol–water partition coefficient (Wildman–Crippen LogP) is 3.25.